The van der Waals surface area contributed by atoms with Gasteiger partial charge in [0.15, 0.2) is 0 Å². The number of hydrogen-bond acceptors (Lipinski definition) is 2. The summed E-state index contributed by atoms with van der Waals surface area (Å²) in [5.41, 5.74) is 3.75. The van der Waals surface area contributed by atoms with Crippen LogP contribution in [0, 0.1) is 0 Å². The Morgan fingerprint density at radius 1 is 1.18 bits per heavy atom. The Balaban J connectivity index is 0.00000108. The molecule has 1 aromatic carbocycles. The molecule has 2 heterocycles. The van der Waals surface area contributed by atoms with Crippen molar-refractivity contribution in [1.29, 1.82) is 0 Å². The van der Waals surface area contributed by atoms with Crippen LogP contribution in [0.4, 0.5) is 0 Å². The molecule has 0 radical (unpaired) electrons. The van der Waals surface area contributed by atoms with Crippen molar-refractivity contribution in [3.8, 4) is 0 Å². The van der Waals surface area contributed by atoms with Crippen LogP contribution in [0.1, 0.15) is 12.0 Å². The van der Waals surface area contributed by atoms with E-state index in [4.69, 9.17) is 0 Å². The SMILES string of the molecule is C1=C(c2cnc3ccccc3c2)CCNC1.Cl. The highest BCUT2D eigenvalue weighted by Gasteiger charge is 2.06. The first-order valence-electron chi connectivity index (χ1n) is 5.68. The minimum absolute atomic E-state index is 0. The van der Waals surface area contributed by atoms with Crippen LogP contribution in [0.2, 0.25) is 0 Å². The molecule has 2 aromatic rings. The van der Waals surface area contributed by atoms with E-state index in [0.29, 0.717) is 0 Å². The average molecular weight is 247 g/mol. The lowest BCUT2D eigenvalue weighted by atomic mass is 10.0. The van der Waals surface area contributed by atoms with E-state index in [0.717, 1.165) is 25.0 Å². The molecular formula is C14H15ClN2. The van der Waals surface area contributed by atoms with Crippen molar-refractivity contribution in [1.82, 2.24) is 10.3 Å². The molecule has 1 aliphatic heterocycles. The second kappa shape index (κ2) is 5.30. The van der Waals surface area contributed by atoms with E-state index in [9.17, 15) is 0 Å². The molecule has 1 N–H and O–H groups in total. The number of pyridine rings is 1. The van der Waals surface area contributed by atoms with E-state index >= 15 is 0 Å². The van der Waals surface area contributed by atoms with E-state index in [1.807, 2.05) is 12.3 Å². The lowest BCUT2D eigenvalue weighted by molar-refractivity contribution is 0.738. The van der Waals surface area contributed by atoms with Gasteiger partial charge in [0.25, 0.3) is 0 Å². The number of benzene rings is 1. The third-order valence-corrected chi connectivity index (χ3v) is 3.03. The van der Waals surface area contributed by atoms with Gasteiger partial charge in [-0.25, -0.2) is 0 Å². The summed E-state index contributed by atoms with van der Waals surface area (Å²) in [4.78, 5) is 4.50. The maximum atomic E-state index is 4.50. The van der Waals surface area contributed by atoms with Gasteiger partial charge in [-0.15, -0.1) is 12.4 Å². The first kappa shape index (κ1) is 12.1. The number of nitrogens with zero attached hydrogens (tertiary/aromatic N) is 1. The van der Waals surface area contributed by atoms with Crippen molar-refractivity contribution in [2.45, 2.75) is 6.42 Å². The summed E-state index contributed by atoms with van der Waals surface area (Å²) in [5.74, 6) is 0. The first-order valence-corrected chi connectivity index (χ1v) is 5.68. The Bertz CT molecular complexity index is 549. The molecule has 88 valence electrons. The van der Waals surface area contributed by atoms with Crippen LogP contribution < -0.4 is 5.32 Å². The summed E-state index contributed by atoms with van der Waals surface area (Å²) >= 11 is 0. The second-order valence-corrected chi connectivity index (χ2v) is 4.10. The number of halogens is 1. The molecule has 0 bridgehead atoms. The number of para-hydroxylation sites is 1. The Hall–Kier alpha value is -1.38. The molecule has 0 saturated carbocycles. The van der Waals surface area contributed by atoms with Crippen molar-refractivity contribution in [3.05, 3.63) is 48.2 Å². The number of rotatable bonds is 1. The van der Waals surface area contributed by atoms with Gasteiger partial charge in [-0.1, -0.05) is 24.3 Å². The van der Waals surface area contributed by atoms with Crippen LogP contribution in [0.5, 0.6) is 0 Å². The van der Waals surface area contributed by atoms with E-state index in [1.54, 1.807) is 0 Å². The Morgan fingerprint density at radius 3 is 2.88 bits per heavy atom. The zero-order chi connectivity index (χ0) is 10.8. The van der Waals surface area contributed by atoms with Crippen LogP contribution in [-0.4, -0.2) is 18.1 Å². The summed E-state index contributed by atoms with van der Waals surface area (Å²) in [6.07, 6.45) is 5.34. The van der Waals surface area contributed by atoms with Crippen LogP contribution >= 0.6 is 12.4 Å². The number of nitrogens with one attached hydrogen (secondary N) is 1. The Labute approximate surface area is 107 Å². The van der Waals surface area contributed by atoms with Crippen LogP contribution in [0.25, 0.3) is 16.5 Å². The molecule has 1 aromatic heterocycles. The quantitative estimate of drug-likeness (QED) is 0.837. The Kier molecular flexibility index (Phi) is 3.77. The molecule has 0 spiro atoms. The van der Waals surface area contributed by atoms with Gasteiger partial charge in [-0.2, -0.15) is 0 Å². The summed E-state index contributed by atoms with van der Waals surface area (Å²) in [7, 11) is 0. The molecule has 3 rings (SSSR count). The third kappa shape index (κ3) is 2.48. The lowest BCUT2D eigenvalue weighted by Crippen LogP contribution is -2.20. The predicted molar refractivity (Wildman–Crippen MR) is 74.5 cm³/mol. The van der Waals surface area contributed by atoms with Gasteiger partial charge in [0.2, 0.25) is 0 Å². The molecule has 0 amide bonds. The molecule has 2 nitrogen and oxygen atoms in total. The van der Waals surface area contributed by atoms with Crippen molar-refractivity contribution < 1.29 is 0 Å². The highest BCUT2D eigenvalue weighted by molar-refractivity contribution is 5.85. The lowest BCUT2D eigenvalue weighted by Gasteiger charge is -2.14. The molecular weight excluding hydrogens is 232 g/mol. The average Bonchev–Trinajstić information content (AvgIpc) is 2.39. The molecule has 1 aliphatic rings. The van der Waals surface area contributed by atoms with Crippen LogP contribution in [0.15, 0.2) is 42.6 Å². The number of fused-ring (bicyclic) bond motifs is 1. The number of hydrogen-bond donors (Lipinski definition) is 1. The van der Waals surface area contributed by atoms with Crippen molar-refractivity contribution in [2.24, 2.45) is 0 Å². The van der Waals surface area contributed by atoms with Gasteiger partial charge in [0.05, 0.1) is 5.52 Å². The van der Waals surface area contributed by atoms with Crippen molar-refractivity contribution in [3.63, 3.8) is 0 Å². The second-order valence-electron chi connectivity index (χ2n) is 4.10. The molecule has 3 heteroatoms. The topological polar surface area (TPSA) is 24.9 Å². The fraction of sp³-hybridized carbons (Fsp3) is 0.214. The highest BCUT2D eigenvalue weighted by Crippen LogP contribution is 2.22. The standard InChI is InChI=1S/C14H14N2.ClH/c1-2-4-14-12(3-1)9-13(10-16-14)11-5-7-15-8-6-11;/h1-5,9-10,15H,6-8H2;1H. The van der Waals surface area contributed by atoms with E-state index in [2.05, 4.69) is 40.6 Å². The van der Waals surface area contributed by atoms with E-state index in [1.165, 1.54) is 16.5 Å². The number of aromatic nitrogens is 1. The van der Waals surface area contributed by atoms with Gasteiger partial charge < -0.3 is 5.32 Å². The summed E-state index contributed by atoms with van der Waals surface area (Å²) < 4.78 is 0. The maximum absolute atomic E-state index is 4.50. The molecule has 0 aliphatic carbocycles. The largest absolute Gasteiger partial charge is 0.313 e. The molecule has 0 atom stereocenters. The zero-order valence-corrected chi connectivity index (χ0v) is 10.3. The van der Waals surface area contributed by atoms with Crippen LogP contribution in [0.3, 0.4) is 0 Å². The normalized spacial score (nSPS) is 15.2. The first-order chi connectivity index (χ1) is 7.93. The summed E-state index contributed by atoms with van der Waals surface area (Å²) in [6, 6.07) is 10.5. The zero-order valence-electron chi connectivity index (χ0n) is 9.52. The summed E-state index contributed by atoms with van der Waals surface area (Å²) in [5, 5.41) is 4.55. The predicted octanol–water partition coefficient (Wildman–Crippen LogP) is 3.03. The smallest absolute Gasteiger partial charge is 0.0702 e. The highest BCUT2D eigenvalue weighted by atomic mass is 35.5. The molecule has 0 unspecified atom stereocenters. The third-order valence-electron chi connectivity index (χ3n) is 3.03. The van der Waals surface area contributed by atoms with Gasteiger partial charge in [0.1, 0.15) is 0 Å². The van der Waals surface area contributed by atoms with Crippen molar-refractivity contribution >= 4 is 28.9 Å². The minimum Gasteiger partial charge on any atom is -0.313 e. The monoisotopic (exact) mass is 246 g/mol. The fourth-order valence-corrected chi connectivity index (χ4v) is 2.13. The van der Waals surface area contributed by atoms with Gasteiger partial charge in [0, 0.05) is 18.1 Å². The van der Waals surface area contributed by atoms with Crippen molar-refractivity contribution in [2.75, 3.05) is 13.1 Å². The van der Waals surface area contributed by atoms with Gasteiger partial charge in [-0.3, -0.25) is 4.98 Å². The summed E-state index contributed by atoms with van der Waals surface area (Å²) in [6.45, 7) is 2.04. The minimum atomic E-state index is 0. The van der Waals surface area contributed by atoms with Gasteiger partial charge >= 0.3 is 0 Å². The van der Waals surface area contributed by atoms with E-state index < -0.39 is 0 Å². The van der Waals surface area contributed by atoms with Crippen LogP contribution in [-0.2, 0) is 0 Å². The fourth-order valence-electron chi connectivity index (χ4n) is 2.13. The maximum Gasteiger partial charge on any atom is 0.0702 e. The molecule has 17 heavy (non-hydrogen) atoms. The molecule has 0 saturated heterocycles. The van der Waals surface area contributed by atoms with E-state index in [-0.39, 0.29) is 12.4 Å². The molecule has 0 fully saturated rings. The Morgan fingerprint density at radius 2 is 2.06 bits per heavy atom. The van der Waals surface area contributed by atoms with Gasteiger partial charge in [-0.05, 0) is 36.2 Å².